The topological polar surface area (TPSA) is 38.8 Å². The number of hydrogen-bond acceptors (Lipinski definition) is 3. The molecule has 0 aliphatic carbocycles. The van der Waals surface area contributed by atoms with Gasteiger partial charge < -0.3 is 14.4 Å². The zero-order valence-electron chi connectivity index (χ0n) is 11.7. The van der Waals surface area contributed by atoms with Crippen molar-refractivity contribution in [3.05, 3.63) is 0 Å². The lowest BCUT2D eigenvalue weighted by Crippen LogP contribution is -2.41. The molecule has 0 aromatic rings. The van der Waals surface area contributed by atoms with Crippen molar-refractivity contribution in [1.29, 1.82) is 0 Å². The van der Waals surface area contributed by atoms with Crippen molar-refractivity contribution in [1.82, 2.24) is 4.90 Å². The van der Waals surface area contributed by atoms with E-state index in [0.717, 1.165) is 25.8 Å². The van der Waals surface area contributed by atoms with E-state index in [1.165, 1.54) is 0 Å². The summed E-state index contributed by atoms with van der Waals surface area (Å²) in [6.45, 7) is 8.52. The summed E-state index contributed by atoms with van der Waals surface area (Å²) in [6.07, 6.45) is 2.98. The molecule has 1 rings (SSSR count). The molecule has 0 aromatic carbocycles. The predicted molar refractivity (Wildman–Crippen MR) is 67.1 cm³/mol. The van der Waals surface area contributed by atoms with Gasteiger partial charge in [0.1, 0.15) is 5.60 Å². The first kappa shape index (κ1) is 14.3. The number of carbonyl (C=O) groups is 1. The second-order valence-corrected chi connectivity index (χ2v) is 5.75. The van der Waals surface area contributed by atoms with Gasteiger partial charge in [0.15, 0.2) is 0 Å². The minimum atomic E-state index is -0.420. The van der Waals surface area contributed by atoms with E-state index in [-0.39, 0.29) is 18.2 Å². The maximum atomic E-state index is 12.0. The van der Waals surface area contributed by atoms with Gasteiger partial charge in [-0.15, -0.1) is 0 Å². The Balaban J connectivity index is 2.54. The fourth-order valence-electron chi connectivity index (χ4n) is 2.12. The Hall–Kier alpha value is -0.770. The van der Waals surface area contributed by atoms with E-state index in [9.17, 15) is 4.79 Å². The third-order valence-corrected chi connectivity index (χ3v) is 3.01. The van der Waals surface area contributed by atoms with Crippen molar-refractivity contribution in [2.24, 2.45) is 0 Å². The first-order chi connectivity index (χ1) is 7.83. The molecule has 1 unspecified atom stereocenters. The lowest BCUT2D eigenvalue weighted by atomic mass is 10.1. The molecule has 1 aliphatic heterocycles. The third-order valence-electron chi connectivity index (χ3n) is 3.01. The second kappa shape index (κ2) is 5.71. The zero-order chi connectivity index (χ0) is 13.1. The fraction of sp³-hybridized carbons (Fsp3) is 0.923. The summed E-state index contributed by atoms with van der Waals surface area (Å²) in [5.74, 6) is 0. The van der Waals surface area contributed by atoms with E-state index < -0.39 is 5.60 Å². The van der Waals surface area contributed by atoms with Crippen LogP contribution >= 0.6 is 0 Å². The van der Waals surface area contributed by atoms with Crippen LogP contribution in [-0.2, 0) is 9.47 Å². The highest BCUT2D eigenvalue weighted by atomic mass is 16.6. The van der Waals surface area contributed by atoms with Crippen molar-refractivity contribution in [2.75, 3.05) is 13.7 Å². The number of ether oxygens (including phenoxy) is 2. The highest BCUT2D eigenvalue weighted by Gasteiger charge is 2.32. The molecule has 1 heterocycles. The molecule has 1 aliphatic rings. The number of rotatable bonds is 3. The van der Waals surface area contributed by atoms with E-state index in [1.807, 2.05) is 32.6 Å². The first-order valence-corrected chi connectivity index (χ1v) is 6.36. The summed E-state index contributed by atoms with van der Waals surface area (Å²) in [7, 11) is 1.71. The molecule has 0 bridgehead atoms. The Morgan fingerprint density at radius 2 is 2.12 bits per heavy atom. The average molecular weight is 243 g/mol. The van der Waals surface area contributed by atoms with Crippen LogP contribution in [0.15, 0.2) is 0 Å². The van der Waals surface area contributed by atoms with Crippen molar-refractivity contribution in [3.8, 4) is 0 Å². The van der Waals surface area contributed by atoms with Gasteiger partial charge in [-0.2, -0.15) is 0 Å². The molecule has 1 fully saturated rings. The van der Waals surface area contributed by atoms with Gasteiger partial charge in [-0.1, -0.05) is 0 Å². The summed E-state index contributed by atoms with van der Waals surface area (Å²) in [6, 6.07) is 0.264. The van der Waals surface area contributed by atoms with E-state index in [1.54, 1.807) is 7.11 Å². The number of carbonyl (C=O) groups excluding carboxylic acids is 1. The van der Waals surface area contributed by atoms with Gasteiger partial charge in [-0.3, -0.25) is 0 Å². The maximum absolute atomic E-state index is 12.0. The predicted octanol–water partition coefficient (Wildman–Crippen LogP) is 2.81. The molecule has 1 amide bonds. The summed E-state index contributed by atoms with van der Waals surface area (Å²) in [5, 5.41) is 0. The number of hydrogen-bond donors (Lipinski definition) is 0. The van der Waals surface area contributed by atoms with Crippen molar-refractivity contribution >= 4 is 6.09 Å². The molecule has 0 radical (unpaired) electrons. The Bertz CT molecular complexity index is 260. The second-order valence-electron chi connectivity index (χ2n) is 5.75. The minimum absolute atomic E-state index is 0.183. The Labute approximate surface area is 104 Å². The standard InChI is InChI=1S/C13H25NO3/c1-10(16-5)9-11-7-6-8-14(11)12(15)17-13(2,3)4/h10-11H,6-9H2,1-5H3/t10?,11-/m0/s1. The van der Waals surface area contributed by atoms with Crippen molar-refractivity contribution in [3.63, 3.8) is 0 Å². The van der Waals surface area contributed by atoms with Crippen LogP contribution in [0.3, 0.4) is 0 Å². The monoisotopic (exact) mass is 243 g/mol. The molecule has 0 aromatic heterocycles. The van der Waals surface area contributed by atoms with Crippen LogP contribution in [0.2, 0.25) is 0 Å². The van der Waals surface area contributed by atoms with Gasteiger partial charge >= 0.3 is 6.09 Å². The van der Waals surface area contributed by atoms with Gasteiger partial charge in [0, 0.05) is 19.7 Å². The Kier molecular flexibility index (Phi) is 4.80. The third kappa shape index (κ3) is 4.54. The maximum Gasteiger partial charge on any atom is 0.410 e. The molecule has 4 heteroatoms. The van der Waals surface area contributed by atoms with E-state index in [4.69, 9.17) is 9.47 Å². The van der Waals surface area contributed by atoms with Gasteiger partial charge in [0.05, 0.1) is 6.10 Å². The number of nitrogens with zero attached hydrogens (tertiary/aromatic N) is 1. The van der Waals surface area contributed by atoms with Gasteiger partial charge in [0.2, 0.25) is 0 Å². The SMILES string of the molecule is COC(C)C[C@@H]1CCCN1C(=O)OC(C)(C)C. The van der Waals surface area contributed by atoms with E-state index in [2.05, 4.69) is 0 Å². The molecule has 2 atom stereocenters. The molecule has 4 nitrogen and oxygen atoms in total. The van der Waals surface area contributed by atoms with Gasteiger partial charge in [-0.05, 0) is 47.0 Å². The summed E-state index contributed by atoms with van der Waals surface area (Å²) in [4.78, 5) is 13.9. The Morgan fingerprint density at radius 3 is 2.65 bits per heavy atom. The summed E-state index contributed by atoms with van der Waals surface area (Å²) < 4.78 is 10.7. The first-order valence-electron chi connectivity index (χ1n) is 6.36. The molecular weight excluding hydrogens is 218 g/mol. The van der Waals surface area contributed by atoms with Crippen LogP contribution in [0.1, 0.15) is 47.0 Å². The molecule has 1 saturated heterocycles. The van der Waals surface area contributed by atoms with E-state index >= 15 is 0 Å². The van der Waals surface area contributed by atoms with Crippen LogP contribution in [0.4, 0.5) is 4.79 Å². The van der Waals surface area contributed by atoms with Gasteiger partial charge in [0.25, 0.3) is 0 Å². The van der Waals surface area contributed by atoms with Crippen LogP contribution < -0.4 is 0 Å². The fourth-order valence-corrected chi connectivity index (χ4v) is 2.12. The smallest absolute Gasteiger partial charge is 0.410 e. The number of methoxy groups -OCH3 is 1. The van der Waals surface area contributed by atoms with Crippen molar-refractivity contribution < 1.29 is 14.3 Å². The van der Waals surface area contributed by atoms with Crippen molar-refractivity contribution in [2.45, 2.75) is 64.7 Å². The molecular formula is C13H25NO3. The highest BCUT2D eigenvalue weighted by Crippen LogP contribution is 2.24. The molecule has 0 spiro atoms. The summed E-state index contributed by atoms with van der Waals surface area (Å²) >= 11 is 0. The molecule has 0 N–H and O–H groups in total. The molecule has 100 valence electrons. The van der Waals surface area contributed by atoms with E-state index in [0.29, 0.717) is 0 Å². The summed E-state index contributed by atoms with van der Waals surface area (Å²) in [5.41, 5.74) is -0.420. The molecule has 17 heavy (non-hydrogen) atoms. The number of likely N-dealkylation sites (tertiary alicyclic amines) is 1. The highest BCUT2D eigenvalue weighted by molar-refractivity contribution is 5.68. The van der Waals surface area contributed by atoms with Crippen LogP contribution in [0.5, 0.6) is 0 Å². The van der Waals surface area contributed by atoms with Crippen LogP contribution in [0.25, 0.3) is 0 Å². The lowest BCUT2D eigenvalue weighted by molar-refractivity contribution is 0.0161. The Morgan fingerprint density at radius 1 is 1.47 bits per heavy atom. The normalized spacial score (nSPS) is 22.6. The largest absolute Gasteiger partial charge is 0.444 e. The lowest BCUT2D eigenvalue weighted by Gasteiger charge is -2.29. The van der Waals surface area contributed by atoms with Crippen LogP contribution in [-0.4, -0.2) is 42.4 Å². The number of amides is 1. The zero-order valence-corrected chi connectivity index (χ0v) is 11.7. The average Bonchev–Trinajstić information content (AvgIpc) is 2.63. The van der Waals surface area contributed by atoms with Gasteiger partial charge in [-0.25, -0.2) is 4.79 Å². The quantitative estimate of drug-likeness (QED) is 0.765. The minimum Gasteiger partial charge on any atom is -0.444 e. The molecule has 0 saturated carbocycles. The van der Waals surface area contributed by atoms with Crippen LogP contribution in [0, 0.1) is 0 Å².